The van der Waals surface area contributed by atoms with E-state index in [1.54, 1.807) is 12.1 Å². The lowest BCUT2D eigenvalue weighted by Gasteiger charge is -2.54. The van der Waals surface area contributed by atoms with E-state index in [1.165, 1.54) is 19.3 Å². The van der Waals surface area contributed by atoms with Gasteiger partial charge in [-0.25, -0.2) is 4.39 Å². The van der Waals surface area contributed by atoms with E-state index in [2.05, 4.69) is 11.8 Å². The Morgan fingerprint density at radius 1 is 1.19 bits per heavy atom. The molecule has 0 bridgehead atoms. The number of anilines is 1. The first-order valence-corrected chi connectivity index (χ1v) is 8.26. The summed E-state index contributed by atoms with van der Waals surface area (Å²) >= 11 is 0. The minimum atomic E-state index is -0.149. The lowest BCUT2D eigenvalue weighted by Crippen LogP contribution is -2.58. The fraction of sp³-hybridized carbons (Fsp3) is 0.611. The summed E-state index contributed by atoms with van der Waals surface area (Å²) < 4.78 is 13.9. The third kappa shape index (κ3) is 1.86. The number of carbonyl (C=O) groups is 1. The molecule has 1 saturated carbocycles. The molecule has 21 heavy (non-hydrogen) atoms. The van der Waals surface area contributed by atoms with Gasteiger partial charge in [0.1, 0.15) is 5.82 Å². The van der Waals surface area contributed by atoms with E-state index >= 15 is 0 Å². The van der Waals surface area contributed by atoms with Crippen molar-refractivity contribution in [3.63, 3.8) is 0 Å². The largest absolute Gasteiger partial charge is 0.306 e. The fourth-order valence-electron chi connectivity index (χ4n) is 4.91. The Hall–Kier alpha value is -1.38. The van der Waals surface area contributed by atoms with E-state index in [-0.39, 0.29) is 17.3 Å². The topological polar surface area (TPSA) is 20.3 Å². The standard InChI is InChI=1S/C18H22FNO/c1-12-11-18(7-3-2-4-8-18)20-16(21)6-5-13-9-14(19)10-15(12)17(13)20/h9-10,12H,2-8,11H2,1H3. The van der Waals surface area contributed by atoms with Gasteiger partial charge in [-0.1, -0.05) is 26.2 Å². The summed E-state index contributed by atoms with van der Waals surface area (Å²) in [6.45, 7) is 2.20. The number of nitrogens with zero attached hydrogens (tertiary/aromatic N) is 1. The van der Waals surface area contributed by atoms with Crippen LogP contribution in [0, 0.1) is 5.82 Å². The molecule has 1 amide bonds. The highest BCUT2D eigenvalue weighted by molar-refractivity contribution is 5.99. The van der Waals surface area contributed by atoms with Crippen molar-refractivity contribution in [1.82, 2.24) is 0 Å². The molecule has 3 aliphatic rings. The molecule has 1 aromatic carbocycles. The lowest BCUT2D eigenvalue weighted by atomic mass is 9.68. The highest BCUT2D eigenvalue weighted by atomic mass is 19.1. The van der Waals surface area contributed by atoms with E-state index in [0.717, 1.165) is 36.1 Å². The monoisotopic (exact) mass is 287 g/mol. The van der Waals surface area contributed by atoms with E-state index in [0.29, 0.717) is 18.8 Å². The average molecular weight is 287 g/mol. The van der Waals surface area contributed by atoms with Crippen LogP contribution in [-0.4, -0.2) is 11.4 Å². The summed E-state index contributed by atoms with van der Waals surface area (Å²) in [6.07, 6.45) is 8.14. The average Bonchev–Trinajstić information content (AvgIpc) is 2.46. The van der Waals surface area contributed by atoms with Gasteiger partial charge in [0.15, 0.2) is 0 Å². The molecule has 112 valence electrons. The molecule has 0 N–H and O–H groups in total. The van der Waals surface area contributed by atoms with E-state index in [4.69, 9.17) is 0 Å². The number of aryl methyl sites for hydroxylation is 1. The first kappa shape index (κ1) is 13.3. The van der Waals surface area contributed by atoms with E-state index in [9.17, 15) is 9.18 Å². The summed E-state index contributed by atoms with van der Waals surface area (Å²) in [5, 5.41) is 0. The number of halogens is 1. The van der Waals surface area contributed by atoms with Crippen molar-refractivity contribution in [1.29, 1.82) is 0 Å². The Bertz CT molecular complexity index is 603. The molecular formula is C18H22FNO. The molecule has 1 fully saturated rings. The molecule has 2 heterocycles. The van der Waals surface area contributed by atoms with Gasteiger partial charge in [-0.15, -0.1) is 0 Å². The number of hydrogen-bond acceptors (Lipinski definition) is 1. The van der Waals surface area contributed by atoms with E-state index < -0.39 is 0 Å². The predicted octanol–water partition coefficient (Wildman–Crippen LogP) is 4.32. The lowest BCUT2D eigenvalue weighted by molar-refractivity contribution is -0.120. The molecule has 2 aliphatic heterocycles. The Kier molecular flexibility index (Phi) is 2.88. The van der Waals surface area contributed by atoms with Crippen molar-refractivity contribution in [2.24, 2.45) is 0 Å². The first-order valence-electron chi connectivity index (χ1n) is 8.26. The molecule has 2 nitrogen and oxygen atoms in total. The second-order valence-corrected chi connectivity index (χ2v) is 7.12. The molecule has 1 aliphatic carbocycles. The maximum atomic E-state index is 13.9. The van der Waals surface area contributed by atoms with Crippen molar-refractivity contribution in [2.45, 2.75) is 69.7 Å². The zero-order valence-electron chi connectivity index (χ0n) is 12.6. The van der Waals surface area contributed by atoms with Gasteiger partial charge in [-0.3, -0.25) is 4.79 Å². The molecule has 1 aromatic rings. The molecule has 0 radical (unpaired) electrons. The second kappa shape index (κ2) is 4.56. The van der Waals surface area contributed by atoms with Gasteiger partial charge >= 0.3 is 0 Å². The van der Waals surface area contributed by atoms with Crippen molar-refractivity contribution < 1.29 is 9.18 Å². The first-order chi connectivity index (χ1) is 10.1. The van der Waals surface area contributed by atoms with Crippen molar-refractivity contribution in [3.05, 3.63) is 29.1 Å². The number of amides is 1. The summed E-state index contributed by atoms with van der Waals surface area (Å²) in [6, 6.07) is 3.30. The number of carbonyl (C=O) groups excluding carboxylic acids is 1. The second-order valence-electron chi connectivity index (χ2n) is 7.12. The zero-order chi connectivity index (χ0) is 14.6. The Morgan fingerprint density at radius 2 is 1.95 bits per heavy atom. The summed E-state index contributed by atoms with van der Waals surface area (Å²) in [5.41, 5.74) is 3.16. The van der Waals surface area contributed by atoms with Crippen LogP contribution in [0.4, 0.5) is 10.1 Å². The van der Waals surface area contributed by atoms with Gasteiger partial charge in [0.05, 0.1) is 5.69 Å². The van der Waals surface area contributed by atoms with Crippen LogP contribution in [-0.2, 0) is 11.2 Å². The highest BCUT2D eigenvalue weighted by Gasteiger charge is 2.48. The fourth-order valence-corrected chi connectivity index (χ4v) is 4.91. The van der Waals surface area contributed by atoms with Crippen molar-refractivity contribution in [2.75, 3.05) is 4.90 Å². The minimum Gasteiger partial charge on any atom is -0.306 e. The Morgan fingerprint density at radius 3 is 2.71 bits per heavy atom. The zero-order valence-corrected chi connectivity index (χ0v) is 12.6. The number of rotatable bonds is 0. The molecule has 3 heteroatoms. The number of fused-ring (bicyclic) bond motifs is 1. The highest BCUT2D eigenvalue weighted by Crippen LogP contribution is 2.52. The quantitative estimate of drug-likeness (QED) is 0.696. The minimum absolute atomic E-state index is 0.00868. The summed E-state index contributed by atoms with van der Waals surface area (Å²) in [5.74, 6) is 0.448. The predicted molar refractivity (Wildman–Crippen MR) is 81.1 cm³/mol. The number of hydrogen-bond donors (Lipinski definition) is 0. The van der Waals surface area contributed by atoms with Crippen LogP contribution >= 0.6 is 0 Å². The molecular weight excluding hydrogens is 265 g/mol. The van der Waals surface area contributed by atoms with Crippen LogP contribution in [0.2, 0.25) is 0 Å². The maximum absolute atomic E-state index is 13.9. The number of benzene rings is 1. The van der Waals surface area contributed by atoms with Crippen LogP contribution < -0.4 is 4.90 Å². The van der Waals surface area contributed by atoms with Crippen molar-refractivity contribution >= 4 is 11.6 Å². The van der Waals surface area contributed by atoms with Crippen LogP contribution in [0.5, 0.6) is 0 Å². The van der Waals surface area contributed by atoms with Crippen LogP contribution in [0.1, 0.15) is 68.9 Å². The summed E-state index contributed by atoms with van der Waals surface area (Å²) in [7, 11) is 0. The molecule has 1 unspecified atom stereocenters. The smallest absolute Gasteiger partial charge is 0.227 e. The molecule has 0 saturated heterocycles. The van der Waals surface area contributed by atoms with E-state index in [1.807, 2.05) is 0 Å². The van der Waals surface area contributed by atoms with Crippen LogP contribution in [0.15, 0.2) is 12.1 Å². The third-order valence-corrected chi connectivity index (χ3v) is 5.74. The van der Waals surface area contributed by atoms with Crippen LogP contribution in [0.3, 0.4) is 0 Å². The van der Waals surface area contributed by atoms with Gasteiger partial charge in [-0.2, -0.15) is 0 Å². The van der Waals surface area contributed by atoms with Gasteiger partial charge in [0.25, 0.3) is 0 Å². The van der Waals surface area contributed by atoms with Crippen molar-refractivity contribution in [3.8, 4) is 0 Å². The molecule has 0 aromatic heterocycles. The maximum Gasteiger partial charge on any atom is 0.227 e. The Labute approximate surface area is 125 Å². The molecule has 1 atom stereocenters. The summed E-state index contributed by atoms with van der Waals surface area (Å²) in [4.78, 5) is 14.8. The van der Waals surface area contributed by atoms with Gasteiger partial charge < -0.3 is 4.90 Å². The Balaban J connectivity index is 1.92. The molecule has 1 spiro atoms. The molecule has 4 rings (SSSR count). The van der Waals surface area contributed by atoms with Gasteiger partial charge in [0.2, 0.25) is 5.91 Å². The normalized spacial score (nSPS) is 26.9. The third-order valence-electron chi connectivity index (χ3n) is 5.74. The SMILES string of the molecule is CC1CC2(CCCCC2)N2C(=O)CCc3cc(F)cc1c32. The van der Waals surface area contributed by atoms with Gasteiger partial charge in [0, 0.05) is 12.0 Å². The van der Waals surface area contributed by atoms with Gasteiger partial charge in [-0.05, 0) is 54.9 Å². The van der Waals surface area contributed by atoms with Crippen LogP contribution in [0.25, 0.3) is 0 Å².